The first kappa shape index (κ1) is 18.9. The van der Waals surface area contributed by atoms with E-state index in [1.54, 1.807) is 11.1 Å². The van der Waals surface area contributed by atoms with Crippen molar-refractivity contribution in [2.24, 2.45) is 0 Å². The number of pyridine rings is 1. The molecule has 0 radical (unpaired) electrons. The highest BCUT2D eigenvalue weighted by Crippen LogP contribution is 2.40. The number of hydrogen-bond acceptors (Lipinski definition) is 6. The number of carbonyl (C=O) groups is 1. The molecule has 30 heavy (non-hydrogen) atoms. The number of piperazine rings is 1. The second-order valence-corrected chi connectivity index (χ2v) is 8.26. The minimum absolute atomic E-state index is 0.0268. The smallest absolute Gasteiger partial charge is 0.248 e. The van der Waals surface area contributed by atoms with E-state index in [1.807, 2.05) is 24.3 Å². The monoisotopic (exact) mass is 407 g/mol. The van der Waals surface area contributed by atoms with E-state index in [0.717, 1.165) is 46.6 Å². The molecule has 2 fully saturated rings. The Morgan fingerprint density at radius 2 is 2.00 bits per heavy atom. The first-order chi connectivity index (χ1) is 14.5. The molecule has 3 aromatic rings. The lowest BCUT2D eigenvalue weighted by molar-refractivity contribution is -0.134. The van der Waals surface area contributed by atoms with E-state index in [0.29, 0.717) is 26.2 Å². The highest BCUT2D eigenvalue weighted by molar-refractivity contribution is 5.94. The number of aliphatic hydroxyl groups excluding tert-OH is 1. The molecule has 8 nitrogen and oxygen atoms in total. The number of carbonyl (C=O) groups excluding carboxylic acids is 1. The fraction of sp³-hybridized carbons (Fsp3) is 0.409. The number of hydrogen-bond donors (Lipinski definition) is 2. The van der Waals surface area contributed by atoms with E-state index in [-0.39, 0.29) is 11.5 Å². The summed E-state index contributed by atoms with van der Waals surface area (Å²) in [5.41, 5.74) is 2.79. The predicted molar refractivity (Wildman–Crippen MR) is 113 cm³/mol. The largest absolute Gasteiger partial charge is 0.488 e. The van der Waals surface area contributed by atoms with Crippen molar-refractivity contribution in [3.63, 3.8) is 0 Å². The minimum atomic E-state index is -0.440. The number of anilines is 1. The SMILES string of the molecule is CC1(Oc2ccc3[nH]nc(-c4ccnc(N5CCN(C(=O)CO)CC5)c4)c3c2)CC1. The summed E-state index contributed by atoms with van der Waals surface area (Å²) in [7, 11) is 0. The Hall–Kier alpha value is -3.13. The highest BCUT2D eigenvalue weighted by Gasteiger charge is 2.40. The van der Waals surface area contributed by atoms with Crippen molar-refractivity contribution in [1.82, 2.24) is 20.1 Å². The third kappa shape index (κ3) is 3.59. The predicted octanol–water partition coefficient (Wildman–Crippen LogP) is 2.20. The lowest BCUT2D eigenvalue weighted by Gasteiger charge is -2.35. The van der Waals surface area contributed by atoms with Gasteiger partial charge in [-0.2, -0.15) is 5.10 Å². The van der Waals surface area contributed by atoms with Crippen molar-refractivity contribution in [3.8, 4) is 17.0 Å². The number of nitrogens with zero attached hydrogens (tertiary/aromatic N) is 4. The van der Waals surface area contributed by atoms with Gasteiger partial charge in [0.1, 0.15) is 29.5 Å². The lowest BCUT2D eigenvalue weighted by atomic mass is 10.1. The van der Waals surface area contributed by atoms with Gasteiger partial charge in [-0.25, -0.2) is 4.98 Å². The molecule has 1 aromatic carbocycles. The zero-order valence-corrected chi connectivity index (χ0v) is 17.0. The quantitative estimate of drug-likeness (QED) is 0.673. The third-order valence-electron chi connectivity index (χ3n) is 5.96. The van der Waals surface area contributed by atoms with Crippen molar-refractivity contribution >= 4 is 22.6 Å². The minimum Gasteiger partial charge on any atom is -0.488 e. The fourth-order valence-corrected chi connectivity index (χ4v) is 3.86. The summed E-state index contributed by atoms with van der Waals surface area (Å²) in [5.74, 6) is 1.50. The normalized spacial score (nSPS) is 17.9. The van der Waals surface area contributed by atoms with Gasteiger partial charge in [0.05, 0.1) is 5.52 Å². The van der Waals surface area contributed by atoms with Crippen LogP contribution in [0.1, 0.15) is 19.8 Å². The maximum absolute atomic E-state index is 11.7. The number of nitrogens with one attached hydrogen (secondary N) is 1. The van der Waals surface area contributed by atoms with E-state index >= 15 is 0 Å². The van der Waals surface area contributed by atoms with Crippen molar-refractivity contribution in [3.05, 3.63) is 36.5 Å². The summed E-state index contributed by atoms with van der Waals surface area (Å²) in [6.45, 7) is 4.22. The topological polar surface area (TPSA) is 94.6 Å². The average Bonchev–Trinajstić information content (AvgIpc) is 3.35. The molecule has 2 aromatic heterocycles. The van der Waals surface area contributed by atoms with Crippen LogP contribution in [0, 0.1) is 0 Å². The molecule has 1 amide bonds. The molecule has 0 spiro atoms. The first-order valence-corrected chi connectivity index (χ1v) is 10.3. The summed E-state index contributed by atoms with van der Waals surface area (Å²) in [4.78, 5) is 20.0. The summed E-state index contributed by atoms with van der Waals surface area (Å²) in [6, 6.07) is 10.0. The Balaban J connectivity index is 1.39. The van der Waals surface area contributed by atoms with Gasteiger partial charge in [-0.1, -0.05) is 0 Å². The van der Waals surface area contributed by atoms with Crippen LogP contribution in [-0.2, 0) is 4.79 Å². The molecule has 1 aliphatic heterocycles. The van der Waals surface area contributed by atoms with Crippen LogP contribution in [-0.4, -0.2) is 69.5 Å². The average molecular weight is 407 g/mol. The Kier molecular flexibility index (Phi) is 4.58. The number of aromatic amines is 1. The molecule has 0 unspecified atom stereocenters. The van der Waals surface area contributed by atoms with Gasteiger partial charge in [-0.3, -0.25) is 9.89 Å². The van der Waals surface area contributed by atoms with E-state index in [2.05, 4.69) is 33.1 Å². The van der Waals surface area contributed by atoms with E-state index in [4.69, 9.17) is 9.84 Å². The van der Waals surface area contributed by atoms with Crippen LogP contribution >= 0.6 is 0 Å². The number of aromatic nitrogens is 3. The summed E-state index contributed by atoms with van der Waals surface area (Å²) < 4.78 is 6.13. The molecule has 1 aliphatic carbocycles. The standard InChI is InChI=1S/C22H25N5O3/c1-22(5-6-22)30-16-2-3-18-17(13-16)21(25-24-18)15-4-7-23-19(12-15)26-8-10-27(11-9-26)20(29)14-28/h2-4,7,12-13,28H,5-6,8-11,14H2,1H3,(H,24,25). The van der Waals surface area contributed by atoms with Crippen molar-refractivity contribution < 1.29 is 14.6 Å². The number of benzene rings is 1. The van der Waals surface area contributed by atoms with Crippen LogP contribution in [0.2, 0.25) is 0 Å². The second-order valence-electron chi connectivity index (χ2n) is 8.26. The molecule has 5 rings (SSSR count). The molecule has 3 heterocycles. The molecule has 0 atom stereocenters. The number of H-pyrrole nitrogens is 1. The van der Waals surface area contributed by atoms with Crippen LogP contribution in [0.15, 0.2) is 36.5 Å². The molecule has 8 heteroatoms. The van der Waals surface area contributed by atoms with Gasteiger partial charge in [0, 0.05) is 43.3 Å². The Morgan fingerprint density at radius 1 is 1.20 bits per heavy atom. The van der Waals surface area contributed by atoms with E-state index in [1.165, 1.54) is 0 Å². The maximum atomic E-state index is 11.7. The molecule has 156 valence electrons. The van der Waals surface area contributed by atoms with Crippen LogP contribution in [0.4, 0.5) is 5.82 Å². The van der Waals surface area contributed by atoms with Crippen molar-refractivity contribution in [1.29, 1.82) is 0 Å². The van der Waals surface area contributed by atoms with Gasteiger partial charge in [-0.05, 0) is 50.1 Å². The maximum Gasteiger partial charge on any atom is 0.248 e. The van der Waals surface area contributed by atoms with E-state index in [9.17, 15) is 4.79 Å². The highest BCUT2D eigenvalue weighted by atomic mass is 16.5. The third-order valence-corrected chi connectivity index (χ3v) is 5.96. The van der Waals surface area contributed by atoms with Crippen LogP contribution < -0.4 is 9.64 Å². The van der Waals surface area contributed by atoms with Crippen LogP contribution in [0.3, 0.4) is 0 Å². The zero-order valence-electron chi connectivity index (χ0n) is 17.0. The van der Waals surface area contributed by atoms with E-state index < -0.39 is 6.61 Å². The Morgan fingerprint density at radius 3 is 2.73 bits per heavy atom. The van der Waals surface area contributed by atoms with Crippen LogP contribution in [0.25, 0.3) is 22.2 Å². The number of amides is 1. The molecule has 2 aliphatic rings. The van der Waals surface area contributed by atoms with Crippen LogP contribution in [0.5, 0.6) is 5.75 Å². The summed E-state index contributed by atoms with van der Waals surface area (Å²) in [6.07, 6.45) is 3.98. The molecule has 2 N–H and O–H groups in total. The Labute approximate surface area is 174 Å². The second kappa shape index (κ2) is 7.28. The number of ether oxygens (including phenoxy) is 1. The van der Waals surface area contributed by atoms with Gasteiger partial charge in [0.15, 0.2) is 0 Å². The van der Waals surface area contributed by atoms with Gasteiger partial charge in [0.2, 0.25) is 5.91 Å². The Bertz CT molecular complexity index is 1080. The number of fused-ring (bicyclic) bond motifs is 1. The summed E-state index contributed by atoms with van der Waals surface area (Å²) >= 11 is 0. The lowest BCUT2D eigenvalue weighted by Crippen LogP contribution is -2.49. The van der Waals surface area contributed by atoms with Gasteiger partial charge >= 0.3 is 0 Å². The molecule has 0 bridgehead atoms. The summed E-state index contributed by atoms with van der Waals surface area (Å²) in [5, 5.41) is 17.7. The van der Waals surface area contributed by atoms with Crippen molar-refractivity contribution in [2.75, 3.05) is 37.7 Å². The van der Waals surface area contributed by atoms with Gasteiger partial charge in [0.25, 0.3) is 0 Å². The molecule has 1 saturated carbocycles. The first-order valence-electron chi connectivity index (χ1n) is 10.3. The molecular weight excluding hydrogens is 382 g/mol. The molecular formula is C22H25N5O3. The number of rotatable bonds is 5. The zero-order chi connectivity index (χ0) is 20.7. The number of aliphatic hydroxyl groups is 1. The van der Waals surface area contributed by atoms with Gasteiger partial charge < -0.3 is 19.6 Å². The molecule has 1 saturated heterocycles. The van der Waals surface area contributed by atoms with Crippen molar-refractivity contribution in [2.45, 2.75) is 25.4 Å². The fourth-order valence-electron chi connectivity index (χ4n) is 3.86. The van der Waals surface area contributed by atoms with Gasteiger partial charge in [-0.15, -0.1) is 0 Å².